The zero-order valence-electron chi connectivity index (χ0n) is 9.89. The van der Waals surface area contributed by atoms with Gasteiger partial charge in [0.05, 0.1) is 7.11 Å². The molecule has 0 aliphatic carbocycles. The van der Waals surface area contributed by atoms with Crippen LogP contribution in [0.5, 0.6) is 5.75 Å². The Morgan fingerprint density at radius 2 is 1.89 bits per heavy atom. The number of hydrogen-bond donors (Lipinski definition) is 0. The smallest absolute Gasteiger partial charge is 0.118 e. The van der Waals surface area contributed by atoms with Crippen LogP contribution in [0.3, 0.4) is 0 Å². The SMILES string of the molecule is COc1ccc(Cc2cc(N=O)ccc2Cl)cc1. The molecular formula is C14H12ClNO2. The molecule has 3 nitrogen and oxygen atoms in total. The van der Waals surface area contributed by atoms with Crippen molar-refractivity contribution in [1.82, 2.24) is 0 Å². The summed E-state index contributed by atoms with van der Waals surface area (Å²) in [6.07, 6.45) is 0.659. The van der Waals surface area contributed by atoms with Gasteiger partial charge >= 0.3 is 0 Å². The lowest BCUT2D eigenvalue weighted by Crippen LogP contribution is -1.90. The van der Waals surface area contributed by atoms with E-state index in [-0.39, 0.29) is 0 Å². The number of nitrogens with zero attached hydrogens (tertiary/aromatic N) is 1. The van der Waals surface area contributed by atoms with E-state index in [1.165, 1.54) is 0 Å². The van der Waals surface area contributed by atoms with Crippen LogP contribution >= 0.6 is 11.6 Å². The summed E-state index contributed by atoms with van der Waals surface area (Å²) in [6, 6.07) is 12.7. The summed E-state index contributed by atoms with van der Waals surface area (Å²) in [5.74, 6) is 0.813. The monoisotopic (exact) mass is 261 g/mol. The van der Waals surface area contributed by atoms with Gasteiger partial charge in [0.1, 0.15) is 11.4 Å². The first kappa shape index (κ1) is 12.6. The second kappa shape index (κ2) is 5.65. The number of hydrogen-bond acceptors (Lipinski definition) is 3. The Labute approximate surface area is 110 Å². The Kier molecular flexibility index (Phi) is 3.95. The third kappa shape index (κ3) is 2.87. The minimum absolute atomic E-state index is 0.392. The molecule has 0 radical (unpaired) electrons. The van der Waals surface area contributed by atoms with Crippen LogP contribution in [0.2, 0.25) is 5.02 Å². The summed E-state index contributed by atoms with van der Waals surface area (Å²) in [6.45, 7) is 0. The van der Waals surface area contributed by atoms with Crippen molar-refractivity contribution in [2.45, 2.75) is 6.42 Å². The molecule has 0 bridgehead atoms. The fraction of sp³-hybridized carbons (Fsp3) is 0.143. The molecule has 0 amide bonds. The first-order chi connectivity index (χ1) is 8.72. The van der Waals surface area contributed by atoms with Crippen molar-refractivity contribution in [2.75, 3.05) is 7.11 Å². The summed E-state index contributed by atoms with van der Waals surface area (Å²) in [5, 5.41) is 3.55. The molecule has 0 saturated carbocycles. The van der Waals surface area contributed by atoms with Crippen molar-refractivity contribution in [3.63, 3.8) is 0 Å². The molecule has 0 atom stereocenters. The standard InChI is InChI=1S/C14H12ClNO2/c1-18-13-5-2-10(3-6-13)8-11-9-12(16-17)4-7-14(11)15/h2-7,9H,8H2,1H3. The third-order valence-electron chi connectivity index (χ3n) is 2.69. The topological polar surface area (TPSA) is 38.7 Å². The van der Waals surface area contributed by atoms with Crippen LogP contribution in [0.1, 0.15) is 11.1 Å². The number of halogens is 1. The van der Waals surface area contributed by atoms with Crippen molar-refractivity contribution in [1.29, 1.82) is 0 Å². The zero-order chi connectivity index (χ0) is 13.0. The van der Waals surface area contributed by atoms with Crippen molar-refractivity contribution in [3.8, 4) is 5.75 Å². The number of nitroso groups, excluding NO2 is 1. The average Bonchev–Trinajstić information content (AvgIpc) is 2.42. The van der Waals surface area contributed by atoms with Crippen molar-refractivity contribution < 1.29 is 4.74 Å². The fourth-order valence-corrected chi connectivity index (χ4v) is 1.90. The fourth-order valence-electron chi connectivity index (χ4n) is 1.72. The molecule has 0 N–H and O–H groups in total. The van der Waals surface area contributed by atoms with E-state index in [4.69, 9.17) is 16.3 Å². The number of rotatable bonds is 4. The molecule has 0 aromatic heterocycles. The van der Waals surface area contributed by atoms with Crippen molar-refractivity contribution in [2.24, 2.45) is 5.18 Å². The van der Waals surface area contributed by atoms with Gasteiger partial charge in [0.15, 0.2) is 0 Å². The second-order valence-corrected chi connectivity index (χ2v) is 4.30. The Morgan fingerprint density at radius 3 is 2.50 bits per heavy atom. The number of ether oxygens (including phenoxy) is 1. The highest BCUT2D eigenvalue weighted by Gasteiger charge is 2.04. The van der Waals surface area contributed by atoms with Crippen LogP contribution in [-0.2, 0) is 6.42 Å². The van der Waals surface area contributed by atoms with E-state index in [0.717, 1.165) is 16.9 Å². The maximum Gasteiger partial charge on any atom is 0.118 e. The van der Waals surface area contributed by atoms with Crippen LogP contribution in [0, 0.1) is 4.91 Å². The molecule has 0 heterocycles. The maximum atomic E-state index is 10.5. The van der Waals surface area contributed by atoms with E-state index in [2.05, 4.69) is 5.18 Å². The lowest BCUT2D eigenvalue weighted by molar-refractivity contribution is 0.414. The minimum atomic E-state index is 0.392. The van der Waals surface area contributed by atoms with E-state index in [9.17, 15) is 4.91 Å². The van der Waals surface area contributed by atoms with Crippen molar-refractivity contribution in [3.05, 3.63) is 63.5 Å². The van der Waals surface area contributed by atoms with E-state index >= 15 is 0 Å². The highest BCUT2D eigenvalue weighted by atomic mass is 35.5. The molecule has 0 aliphatic heterocycles. The van der Waals surface area contributed by atoms with Gasteiger partial charge in [-0.1, -0.05) is 23.7 Å². The van der Waals surface area contributed by atoms with Gasteiger partial charge < -0.3 is 4.74 Å². The van der Waals surface area contributed by atoms with Gasteiger partial charge in [-0.15, -0.1) is 4.91 Å². The molecule has 2 aromatic carbocycles. The van der Waals surface area contributed by atoms with E-state index in [1.807, 2.05) is 24.3 Å². The summed E-state index contributed by atoms with van der Waals surface area (Å²) in [4.78, 5) is 10.5. The Bertz CT molecular complexity index is 552. The summed E-state index contributed by atoms with van der Waals surface area (Å²) < 4.78 is 5.10. The lowest BCUT2D eigenvalue weighted by Gasteiger charge is -2.06. The van der Waals surface area contributed by atoms with Gasteiger partial charge in [-0.25, -0.2) is 0 Å². The molecule has 2 rings (SSSR count). The van der Waals surface area contributed by atoms with Crippen LogP contribution in [0.25, 0.3) is 0 Å². The summed E-state index contributed by atoms with van der Waals surface area (Å²) in [5.41, 5.74) is 2.38. The zero-order valence-corrected chi connectivity index (χ0v) is 10.6. The van der Waals surface area contributed by atoms with Gasteiger partial charge in [0.2, 0.25) is 0 Å². The van der Waals surface area contributed by atoms with E-state index < -0.39 is 0 Å². The maximum absolute atomic E-state index is 10.5. The van der Waals surface area contributed by atoms with E-state index in [1.54, 1.807) is 25.3 Å². The first-order valence-corrected chi connectivity index (χ1v) is 5.85. The number of methoxy groups -OCH3 is 1. The average molecular weight is 262 g/mol. The summed E-state index contributed by atoms with van der Waals surface area (Å²) in [7, 11) is 1.63. The number of benzene rings is 2. The molecule has 92 valence electrons. The normalized spacial score (nSPS) is 10.1. The highest BCUT2D eigenvalue weighted by molar-refractivity contribution is 6.31. The van der Waals surface area contributed by atoms with Crippen LogP contribution in [0.15, 0.2) is 47.6 Å². The molecule has 2 aromatic rings. The van der Waals surface area contributed by atoms with Crippen LogP contribution in [-0.4, -0.2) is 7.11 Å². The van der Waals surface area contributed by atoms with Gasteiger partial charge in [-0.2, -0.15) is 0 Å². The van der Waals surface area contributed by atoms with Crippen LogP contribution < -0.4 is 4.74 Å². The Balaban J connectivity index is 2.24. The lowest BCUT2D eigenvalue weighted by atomic mass is 10.0. The van der Waals surface area contributed by atoms with Gasteiger partial charge in [-0.3, -0.25) is 0 Å². The second-order valence-electron chi connectivity index (χ2n) is 3.89. The van der Waals surface area contributed by atoms with Gasteiger partial charge in [0.25, 0.3) is 0 Å². The largest absolute Gasteiger partial charge is 0.497 e. The molecule has 18 heavy (non-hydrogen) atoms. The Morgan fingerprint density at radius 1 is 1.17 bits per heavy atom. The highest BCUT2D eigenvalue weighted by Crippen LogP contribution is 2.25. The van der Waals surface area contributed by atoms with Crippen LogP contribution in [0.4, 0.5) is 5.69 Å². The van der Waals surface area contributed by atoms with E-state index in [0.29, 0.717) is 17.1 Å². The molecular weight excluding hydrogens is 250 g/mol. The molecule has 0 fully saturated rings. The summed E-state index contributed by atoms with van der Waals surface area (Å²) >= 11 is 6.09. The van der Waals surface area contributed by atoms with Crippen molar-refractivity contribution >= 4 is 17.3 Å². The molecule has 0 aliphatic rings. The molecule has 0 spiro atoms. The molecule has 4 heteroatoms. The molecule has 0 unspecified atom stereocenters. The Hall–Kier alpha value is -1.87. The predicted octanol–water partition coefficient (Wildman–Crippen LogP) is 4.34. The third-order valence-corrected chi connectivity index (χ3v) is 3.06. The van der Waals surface area contributed by atoms with Gasteiger partial charge in [0, 0.05) is 5.02 Å². The quantitative estimate of drug-likeness (QED) is 0.768. The predicted molar refractivity (Wildman–Crippen MR) is 72.7 cm³/mol. The van der Waals surface area contributed by atoms with Gasteiger partial charge in [-0.05, 0) is 53.1 Å². The molecule has 0 saturated heterocycles. The minimum Gasteiger partial charge on any atom is -0.497 e. The first-order valence-electron chi connectivity index (χ1n) is 5.47.